The molecule has 0 bridgehead atoms. The number of carbonyl (C=O) groups excluding carboxylic acids is 1. The number of carbonyl (C=O) groups is 1. The number of aromatic nitrogens is 1. The number of ether oxygens (including phenoxy) is 1. The minimum atomic E-state index is -0.118. The fraction of sp³-hybridized carbons (Fsp3) is 0.500. The molecule has 0 spiro atoms. The van der Waals surface area contributed by atoms with Crippen LogP contribution in [-0.4, -0.2) is 23.6 Å². The largest absolute Gasteiger partial charge is 0.381 e. The lowest BCUT2D eigenvalue weighted by Crippen LogP contribution is -2.27. The fourth-order valence-corrected chi connectivity index (χ4v) is 1.82. The molecule has 1 aromatic rings. The van der Waals surface area contributed by atoms with Crippen molar-refractivity contribution in [2.24, 2.45) is 5.92 Å². The number of pyridine rings is 1. The van der Waals surface area contributed by atoms with Crippen LogP contribution in [0.4, 0.5) is 0 Å². The van der Waals surface area contributed by atoms with Crippen LogP contribution in [0.2, 0.25) is 0 Å². The Morgan fingerprint density at radius 2 is 2.44 bits per heavy atom. The van der Waals surface area contributed by atoms with E-state index in [9.17, 15) is 9.59 Å². The van der Waals surface area contributed by atoms with Crippen molar-refractivity contribution in [1.29, 1.82) is 0 Å². The highest BCUT2D eigenvalue weighted by Gasteiger charge is 2.23. The molecule has 1 saturated heterocycles. The van der Waals surface area contributed by atoms with Crippen molar-refractivity contribution in [3.8, 4) is 0 Å². The van der Waals surface area contributed by atoms with E-state index in [4.69, 9.17) is 4.74 Å². The Morgan fingerprint density at radius 1 is 1.62 bits per heavy atom. The monoisotopic (exact) mass is 221 g/mol. The number of Topliss-reactive ketones (excluding diaryl/α,β-unsaturated/α-hetero) is 1. The van der Waals surface area contributed by atoms with E-state index in [0.717, 1.165) is 12.0 Å². The van der Waals surface area contributed by atoms with Crippen molar-refractivity contribution in [2.75, 3.05) is 13.2 Å². The Morgan fingerprint density at radius 3 is 3.06 bits per heavy atom. The summed E-state index contributed by atoms with van der Waals surface area (Å²) in [5.41, 5.74) is 0.796. The summed E-state index contributed by atoms with van der Waals surface area (Å²) in [5.74, 6) is 0.0525. The fourth-order valence-electron chi connectivity index (χ4n) is 1.82. The van der Waals surface area contributed by atoms with E-state index < -0.39 is 0 Å². The first kappa shape index (κ1) is 11.1. The molecule has 4 nitrogen and oxygen atoms in total. The lowest BCUT2D eigenvalue weighted by atomic mass is 10.0. The molecule has 0 saturated carbocycles. The summed E-state index contributed by atoms with van der Waals surface area (Å²) in [4.78, 5) is 23.4. The Kier molecular flexibility index (Phi) is 3.19. The van der Waals surface area contributed by atoms with Gasteiger partial charge in [-0.25, -0.2) is 0 Å². The van der Waals surface area contributed by atoms with Gasteiger partial charge in [0, 0.05) is 24.8 Å². The number of aryl methyl sites for hydroxylation is 1. The molecule has 1 atom stereocenters. The summed E-state index contributed by atoms with van der Waals surface area (Å²) in [6, 6.07) is 3.37. The highest BCUT2D eigenvalue weighted by Crippen LogP contribution is 2.13. The van der Waals surface area contributed by atoms with Crippen LogP contribution in [0.3, 0.4) is 0 Å². The standard InChI is InChI=1S/C12H15NO3/c1-9-2-4-13(12(15)6-9)7-11(14)10-3-5-16-8-10/h2,4,6,10H,3,5,7-8H2,1H3. The number of ketones is 1. The molecular weight excluding hydrogens is 206 g/mol. The Balaban J connectivity index is 2.08. The molecule has 1 fully saturated rings. The van der Waals surface area contributed by atoms with Gasteiger partial charge in [0.25, 0.3) is 5.56 Å². The molecule has 1 aromatic heterocycles. The van der Waals surface area contributed by atoms with Gasteiger partial charge in [-0.2, -0.15) is 0 Å². The summed E-state index contributed by atoms with van der Waals surface area (Å²) in [7, 11) is 0. The van der Waals surface area contributed by atoms with Gasteiger partial charge in [0.2, 0.25) is 0 Å². The molecule has 2 rings (SSSR count). The highest BCUT2D eigenvalue weighted by molar-refractivity contribution is 5.81. The molecule has 16 heavy (non-hydrogen) atoms. The van der Waals surface area contributed by atoms with Gasteiger partial charge in [-0.3, -0.25) is 9.59 Å². The van der Waals surface area contributed by atoms with Crippen LogP contribution in [0.25, 0.3) is 0 Å². The van der Waals surface area contributed by atoms with Crippen molar-refractivity contribution in [3.63, 3.8) is 0 Å². The second-order valence-electron chi connectivity index (χ2n) is 4.20. The average Bonchev–Trinajstić information content (AvgIpc) is 2.75. The number of hydrogen-bond donors (Lipinski definition) is 0. The molecule has 0 amide bonds. The average molecular weight is 221 g/mol. The summed E-state index contributed by atoms with van der Waals surface area (Å²) in [6.45, 7) is 3.17. The lowest BCUT2D eigenvalue weighted by Gasteiger charge is -2.08. The number of nitrogens with zero attached hydrogens (tertiary/aromatic N) is 1. The van der Waals surface area contributed by atoms with Gasteiger partial charge in [0.15, 0.2) is 5.78 Å². The van der Waals surface area contributed by atoms with Gasteiger partial charge in [-0.1, -0.05) is 0 Å². The molecule has 2 heterocycles. The molecule has 0 aromatic carbocycles. The van der Waals surface area contributed by atoms with E-state index in [1.165, 1.54) is 4.57 Å². The maximum absolute atomic E-state index is 11.8. The minimum Gasteiger partial charge on any atom is -0.381 e. The molecule has 0 N–H and O–H groups in total. The van der Waals surface area contributed by atoms with Crippen molar-refractivity contribution in [1.82, 2.24) is 4.57 Å². The molecule has 1 aliphatic heterocycles. The Labute approximate surface area is 93.8 Å². The van der Waals surface area contributed by atoms with Gasteiger partial charge in [0.1, 0.15) is 0 Å². The van der Waals surface area contributed by atoms with Crippen LogP contribution in [0, 0.1) is 12.8 Å². The third kappa shape index (κ3) is 2.39. The quantitative estimate of drug-likeness (QED) is 0.757. The van der Waals surface area contributed by atoms with E-state index in [0.29, 0.717) is 13.2 Å². The van der Waals surface area contributed by atoms with Gasteiger partial charge < -0.3 is 9.30 Å². The van der Waals surface area contributed by atoms with Gasteiger partial charge in [0.05, 0.1) is 13.2 Å². The zero-order chi connectivity index (χ0) is 11.5. The second-order valence-corrected chi connectivity index (χ2v) is 4.20. The number of hydrogen-bond acceptors (Lipinski definition) is 3. The highest BCUT2D eigenvalue weighted by atomic mass is 16.5. The summed E-state index contributed by atoms with van der Waals surface area (Å²) in [5, 5.41) is 0. The maximum atomic E-state index is 11.8. The van der Waals surface area contributed by atoms with Crippen molar-refractivity contribution < 1.29 is 9.53 Å². The van der Waals surface area contributed by atoms with Crippen LogP contribution >= 0.6 is 0 Å². The van der Waals surface area contributed by atoms with E-state index >= 15 is 0 Å². The first-order valence-electron chi connectivity index (χ1n) is 5.44. The third-order valence-electron chi connectivity index (χ3n) is 2.86. The van der Waals surface area contributed by atoms with E-state index in [-0.39, 0.29) is 23.8 Å². The van der Waals surface area contributed by atoms with Crippen molar-refractivity contribution in [3.05, 3.63) is 34.2 Å². The van der Waals surface area contributed by atoms with Crippen LogP contribution in [0.5, 0.6) is 0 Å². The van der Waals surface area contributed by atoms with E-state index in [1.807, 2.05) is 13.0 Å². The van der Waals surface area contributed by atoms with Gasteiger partial charge >= 0.3 is 0 Å². The smallest absolute Gasteiger partial charge is 0.251 e. The molecule has 1 unspecified atom stereocenters. The predicted octanol–water partition coefficient (Wildman–Crippen LogP) is 0.762. The minimum absolute atomic E-state index is 0.0341. The summed E-state index contributed by atoms with van der Waals surface area (Å²) in [6.07, 6.45) is 2.45. The van der Waals surface area contributed by atoms with Crippen molar-refractivity contribution in [2.45, 2.75) is 19.9 Å². The summed E-state index contributed by atoms with van der Waals surface area (Å²) < 4.78 is 6.61. The van der Waals surface area contributed by atoms with Crippen LogP contribution < -0.4 is 5.56 Å². The Hall–Kier alpha value is -1.42. The topological polar surface area (TPSA) is 48.3 Å². The lowest BCUT2D eigenvalue weighted by molar-refractivity contribution is -0.123. The predicted molar refractivity (Wildman–Crippen MR) is 59.4 cm³/mol. The van der Waals surface area contributed by atoms with Crippen LogP contribution in [-0.2, 0) is 16.1 Å². The molecular formula is C12H15NO3. The van der Waals surface area contributed by atoms with Gasteiger partial charge in [-0.15, -0.1) is 0 Å². The van der Waals surface area contributed by atoms with E-state index in [2.05, 4.69) is 0 Å². The Bertz CT molecular complexity index is 444. The normalized spacial score (nSPS) is 19.9. The molecule has 0 aliphatic carbocycles. The maximum Gasteiger partial charge on any atom is 0.251 e. The molecule has 0 radical (unpaired) electrons. The molecule has 4 heteroatoms. The number of rotatable bonds is 3. The molecule has 1 aliphatic rings. The first-order valence-corrected chi connectivity index (χ1v) is 5.44. The van der Waals surface area contributed by atoms with E-state index in [1.54, 1.807) is 12.3 Å². The molecule has 86 valence electrons. The van der Waals surface area contributed by atoms with Gasteiger partial charge in [-0.05, 0) is 25.0 Å². The zero-order valence-electron chi connectivity index (χ0n) is 9.31. The second kappa shape index (κ2) is 4.61. The SMILES string of the molecule is Cc1ccn(CC(=O)C2CCOC2)c(=O)c1. The van der Waals surface area contributed by atoms with Crippen molar-refractivity contribution >= 4 is 5.78 Å². The first-order chi connectivity index (χ1) is 7.66. The van der Waals surface area contributed by atoms with Crippen LogP contribution in [0.15, 0.2) is 23.1 Å². The zero-order valence-corrected chi connectivity index (χ0v) is 9.31. The summed E-state index contributed by atoms with van der Waals surface area (Å²) >= 11 is 0. The third-order valence-corrected chi connectivity index (χ3v) is 2.86. The van der Waals surface area contributed by atoms with Crippen LogP contribution in [0.1, 0.15) is 12.0 Å².